The van der Waals surface area contributed by atoms with Crippen LogP contribution in [0.4, 0.5) is 4.39 Å². The van der Waals surface area contributed by atoms with Crippen LogP contribution in [0.1, 0.15) is 11.3 Å². The molecule has 5 nitrogen and oxygen atoms in total. The highest BCUT2D eigenvalue weighted by atomic mass is 19.1. The predicted octanol–water partition coefficient (Wildman–Crippen LogP) is 3.79. The van der Waals surface area contributed by atoms with E-state index in [1.54, 1.807) is 22.9 Å². The largest absolute Gasteiger partial charge is 0.496 e. The van der Waals surface area contributed by atoms with Crippen LogP contribution in [0.5, 0.6) is 5.75 Å². The van der Waals surface area contributed by atoms with Crippen molar-refractivity contribution in [3.63, 3.8) is 0 Å². The van der Waals surface area contributed by atoms with Crippen molar-refractivity contribution in [3.05, 3.63) is 82.2 Å². The smallest absolute Gasteiger partial charge is 0.255 e. The van der Waals surface area contributed by atoms with Gasteiger partial charge in [-0.25, -0.2) is 4.39 Å². The number of nitrogens with one attached hydrogen (secondary N) is 1. The number of nitrogens with zero attached hydrogens (tertiary/aromatic N) is 2. The molecular weight excluding hydrogens is 381 g/mol. The normalized spacial score (nSPS) is 13.4. The molecule has 0 unspecified atom stereocenters. The second kappa shape index (κ2) is 7.15. The van der Waals surface area contributed by atoms with Gasteiger partial charge in [-0.3, -0.25) is 9.36 Å². The number of fused-ring (bicyclic) bond motifs is 3. The Kier molecular flexibility index (Phi) is 4.44. The summed E-state index contributed by atoms with van der Waals surface area (Å²) in [6.45, 7) is 1.86. The van der Waals surface area contributed by atoms with E-state index in [2.05, 4.69) is 29.1 Å². The number of ether oxygens (including phenoxy) is 1. The van der Waals surface area contributed by atoms with Crippen LogP contribution in [0.3, 0.4) is 0 Å². The number of aryl methyl sites for hydroxylation is 1. The van der Waals surface area contributed by atoms with E-state index in [4.69, 9.17) is 4.74 Å². The minimum atomic E-state index is -0.377. The van der Waals surface area contributed by atoms with E-state index in [1.165, 1.54) is 35.9 Å². The Labute approximate surface area is 173 Å². The Balaban J connectivity index is 1.59. The van der Waals surface area contributed by atoms with E-state index in [0.29, 0.717) is 16.9 Å². The summed E-state index contributed by atoms with van der Waals surface area (Å²) in [6, 6.07) is 13.9. The zero-order valence-electron chi connectivity index (χ0n) is 16.9. The molecule has 0 bridgehead atoms. The molecule has 0 spiro atoms. The summed E-state index contributed by atoms with van der Waals surface area (Å²) in [7, 11) is 3.58. The van der Waals surface area contributed by atoms with Crippen molar-refractivity contribution in [1.29, 1.82) is 0 Å². The lowest BCUT2D eigenvalue weighted by Gasteiger charge is -2.14. The fourth-order valence-corrected chi connectivity index (χ4v) is 4.41. The van der Waals surface area contributed by atoms with E-state index in [0.717, 1.165) is 30.7 Å². The van der Waals surface area contributed by atoms with Gasteiger partial charge in [0.2, 0.25) is 0 Å². The first-order valence-corrected chi connectivity index (χ1v) is 9.94. The van der Waals surface area contributed by atoms with Crippen molar-refractivity contribution < 1.29 is 9.13 Å². The van der Waals surface area contributed by atoms with Crippen LogP contribution in [-0.4, -0.2) is 22.8 Å². The van der Waals surface area contributed by atoms with Gasteiger partial charge in [-0.2, -0.15) is 0 Å². The third kappa shape index (κ3) is 2.92. The minimum Gasteiger partial charge on any atom is -0.496 e. The van der Waals surface area contributed by atoms with Gasteiger partial charge in [0.05, 0.1) is 18.3 Å². The molecule has 152 valence electrons. The molecule has 0 fully saturated rings. The van der Waals surface area contributed by atoms with Gasteiger partial charge in [0, 0.05) is 61.5 Å². The van der Waals surface area contributed by atoms with Gasteiger partial charge in [0.1, 0.15) is 11.6 Å². The molecule has 3 heterocycles. The lowest BCUT2D eigenvalue weighted by molar-refractivity contribution is 0.413. The molecule has 0 saturated carbocycles. The van der Waals surface area contributed by atoms with Gasteiger partial charge in [0.25, 0.3) is 5.56 Å². The van der Waals surface area contributed by atoms with Gasteiger partial charge in [-0.05, 0) is 41.5 Å². The summed E-state index contributed by atoms with van der Waals surface area (Å²) < 4.78 is 22.7. The Morgan fingerprint density at radius 1 is 1.10 bits per heavy atom. The monoisotopic (exact) mass is 403 g/mol. The van der Waals surface area contributed by atoms with E-state index >= 15 is 0 Å². The molecule has 0 saturated heterocycles. The van der Waals surface area contributed by atoms with Crippen LogP contribution in [0, 0.1) is 5.82 Å². The highest BCUT2D eigenvalue weighted by Crippen LogP contribution is 2.31. The number of benzene rings is 2. The van der Waals surface area contributed by atoms with Gasteiger partial charge in [-0.15, -0.1) is 0 Å². The SMILES string of the molecule is COc1cc(F)ccc1-c1ccn(-c2ccc3c4c(n(C)c3c2)CCNC4)c(=O)c1. The number of rotatable bonds is 3. The molecule has 0 radical (unpaired) electrons. The van der Waals surface area contributed by atoms with Gasteiger partial charge in [0.15, 0.2) is 0 Å². The van der Waals surface area contributed by atoms with Gasteiger partial charge in [-0.1, -0.05) is 6.07 Å². The Morgan fingerprint density at radius 2 is 1.97 bits per heavy atom. The topological polar surface area (TPSA) is 48.2 Å². The molecule has 5 rings (SSSR count). The van der Waals surface area contributed by atoms with Crippen LogP contribution < -0.4 is 15.6 Å². The van der Waals surface area contributed by atoms with Crippen molar-refractivity contribution in [1.82, 2.24) is 14.5 Å². The lowest BCUT2D eigenvalue weighted by atomic mass is 10.1. The summed E-state index contributed by atoms with van der Waals surface area (Å²) in [5.74, 6) is 0.0225. The fourth-order valence-electron chi connectivity index (χ4n) is 4.41. The molecule has 0 aliphatic carbocycles. The van der Waals surface area contributed by atoms with Crippen molar-refractivity contribution in [2.45, 2.75) is 13.0 Å². The van der Waals surface area contributed by atoms with Crippen molar-refractivity contribution in [2.75, 3.05) is 13.7 Å². The number of halogens is 1. The zero-order chi connectivity index (χ0) is 20.8. The second-order valence-electron chi connectivity index (χ2n) is 7.58. The summed E-state index contributed by atoms with van der Waals surface area (Å²) in [5, 5.41) is 4.66. The Bertz CT molecular complexity index is 1340. The average molecular weight is 403 g/mol. The maximum Gasteiger partial charge on any atom is 0.255 e. The van der Waals surface area contributed by atoms with Crippen LogP contribution in [0.25, 0.3) is 27.7 Å². The standard InChI is InChI=1S/C24H22FN3O2/c1-27-21-7-9-26-14-20(21)19-6-4-17(13-22(19)27)28-10-8-15(11-24(28)29)18-5-3-16(25)12-23(18)30-2/h3-6,8,10-13,26H,7,9,14H2,1-2H3. The third-order valence-corrected chi connectivity index (χ3v) is 5.93. The second-order valence-corrected chi connectivity index (χ2v) is 7.58. The van der Waals surface area contributed by atoms with Crippen LogP contribution >= 0.6 is 0 Å². The molecule has 0 atom stereocenters. The van der Waals surface area contributed by atoms with E-state index in [9.17, 15) is 9.18 Å². The van der Waals surface area contributed by atoms with E-state index < -0.39 is 0 Å². The molecule has 1 N–H and O–H groups in total. The molecule has 30 heavy (non-hydrogen) atoms. The summed E-state index contributed by atoms with van der Waals surface area (Å²) in [5.41, 5.74) is 5.85. The number of hydrogen-bond donors (Lipinski definition) is 1. The summed E-state index contributed by atoms with van der Waals surface area (Å²) in [4.78, 5) is 12.9. The molecular formula is C24H22FN3O2. The first-order valence-electron chi connectivity index (χ1n) is 9.94. The molecule has 0 amide bonds. The Hall–Kier alpha value is -3.38. The number of methoxy groups -OCH3 is 1. The Morgan fingerprint density at radius 3 is 2.77 bits per heavy atom. The quantitative estimate of drug-likeness (QED) is 0.566. The van der Waals surface area contributed by atoms with Crippen molar-refractivity contribution >= 4 is 10.9 Å². The maximum atomic E-state index is 13.5. The average Bonchev–Trinajstić information content (AvgIpc) is 3.05. The van der Waals surface area contributed by atoms with E-state index in [1.807, 2.05) is 12.1 Å². The van der Waals surface area contributed by atoms with E-state index in [-0.39, 0.29) is 11.4 Å². The molecule has 1 aliphatic rings. The first-order chi connectivity index (χ1) is 14.6. The minimum absolute atomic E-state index is 0.154. The number of hydrogen-bond acceptors (Lipinski definition) is 3. The van der Waals surface area contributed by atoms with Gasteiger partial charge >= 0.3 is 0 Å². The third-order valence-electron chi connectivity index (χ3n) is 5.93. The maximum absolute atomic E-state index is 13.5. The molecule has 6 heteroatoms. The molecule has 1 aliphatic heterocycles. The zero-order valence-corrected chi connectivity index (χ0v) is 16.9. The summed E-state index contributed by atoms with van der Waals surface area (Å²) in [6.07, 6.45) is 2.76. The highest BCUT2D eigenvalue weighted by molar-refractivity contribution is 5.87. The van der Waals surface area contributed by atoms with Crippen LogP contribution in [0.2, 0.25) is 0 Å². The van der Waals surface area contributed by atoms with Crippen molar-refractivity contribution in [2.24, 2.45) is 7.05 Å². The molecule has 2 aromatic heterocycles. The summed E-state index contributed by atoms with van der Waals surface area (Å²) >= 11 is 0. The fraction of sp³-hybridized carbons (Fsp3) is 0.208. The molecule has 4 aromatic rings. The van der Waals surface area contributed by atoms with Crippen LogP contribution in [0.15, 0.2) is 59.5 Å². The highest BCUT2D eigenvalue weighted by Gasteiger charge is 2.18. The number of pyridine rings is 1. The first kappa shape index (κ1) is 18.6. The number of aromatic nitrogens is 2. The van der Waals surface area contributed by atoms with Crippen molar-refractivity contribution in [3.8, 4) is 22.6 Å². The molecule has 2 aromatic carbocycles. The predicted molar refractivity (Wildman–Crippen MR) is 116 cm³/mol. The van der Waals surface area contributed by atoms with Gasteiger partial charge < -0.3 is 14.6 Å². The lowest BCUT2D eigenvalue weighted by Crippen LogP contribution is -2.24. The van der Waals surface area contributed by atoms with Crippen LogP contribution in [-0.2, 0) is 20.0 Å².